The zero-order valence-corrected chi connectivity index (χ0v) is 12.8. The molecule has 2 aromatic carbocycles. The van der Waals surface area contributed by atoms with Gasteiger partial charge in [0.2, 0.25) is 0 Å². The first-order chi connectivity index (χ1) is 11.6. The summed E-state index contributed by atoms with van der Waals surface area (Å²) in [4.78, 5) is 34.1. The fourth-order valence-electron chi connectivity index (χ4n) is 2.35. The van der Waals surface area contributed by atoms with E-state index in [2.05, 4.69) is 20.3 Å². The minimum absolute atomic E-state index is 0.0898. The van der Waals surface area contributed by atoms with Crippen molar-refractivity contribution >= 4 is 49.3 Å². The molecule has 2 heterocycles. The number of aromatic nitrogens is 3. The van der Waals surface area contributed by atoms with Crippen molar-refractivity contribution in [2.24, 2.45) is 0 Å². The van der Waals surface area contributed by atoms with Gasteiger partial charge in [-0.25, -0.2) is 9.97 Å². The van der Waals surface area contributed by atoms with Crippen LogP contribution in [0.5, 0.6) is 0 Å². The first-order valence-corrected chi connectivity index (χ1v) is 7.73. The highest BCUT2D eigenvalue weighted by atomic mass is 32.1. The van der Waals surface area contributed by atoms with Crippen molar-refractivity contribution in [1.82, 2.24) is 15.0 Å². The summed E-state index contributed by atoms with van der Waals surface area (Å²) in [6.45, 7) is 0. The molecular weight excluding hydrogens is 330 g/mol. The number of hydrogen-bond acceptors (Lipinski definition) is 6. The average Bonchev–Trinajstić information content (AvgIpc) is 3.17. The Morgan fingerprint density at radius 3 is 2.79 bits per heavy atom. The number of carbonyl (C=O) groups excluding carboxylic acids is 1. The molecule has 0 fully saturated rings. The molecule has 8 nitrogen and oxygen atoms in total. The van der Waals surface area contributed by atoms with Crippen molar-refractivity contribution in [2.45, 2.75) is 0 Å². The molecule has 0 unspecified atom stereocenters. The highest BCUT2D eigenvalue weighted by Gasteiger charge is 2.18. The molecule has 0 saturated heterocycles. The van der Waals surface area contributed by atoms with Crippen molar-refractivity contribution in [3.63, 3.8) is 0 Å². The van der Waals surface area contributed by atoms with Crippen molar-refractivity contribution in [2.75, 3.05) is 5.32 Å². The van der Waals surface area contributed by atoms with Crippen LogP contribution in [-0.4, -0.2) is 25.8 Å². The summed E-state index contributed by atoms with van der Waals surface area (Å²) >= 11 is 1.17. The number of non-ortho nitro benzene ring substituents is 1. The van der Waals surface area contributed by atoms with Crippen molar-refractivity contribution in [3.8, 4) is 0 Å². The first-order valence-electron chi connectivity index (χ1n) is 6.92. The quantitative estimate of drug-likeness (QED) is 0.439. The lowest BCUT2D eigenvalue weighted by Gasteiger charge is -1.96. The Bertz CT molecular complexity index is 1070. The fourth-order valence-corrected chi connectivity index (χ4v) is 3.23. The first kappa shape index (κ1) is 14.3. The van der Waals surface area contributed by atoms with E-state index >= 15 is 0 Å². The molecule has 0 saturated carbocycles. The molecular formula is C15H9N5O3S. The summed E-state index contributed by atoms with van der Waals surface area (Å²) in [7, 11) is 0. The second kappa shape index (κ2) is 5.39. The van der Waals surface area contributed by atoms with E-state index in [9.17, 15) is 14.9 Å². The molecule has 0 aliphatic heterocycles. The summed E-state index contributed by atoms with van der Waals surface area (Å²) in [5.41, 5.74) is 1.60. The Labute approximate surface area is 138 Å². The van der Waals surface area contributed by atoms with E-state index in [0.717, 1.165) is 5.52 Å². The second-order valence-corrected chi connectivity index (χ2v) is 5.99. The SMILES string of the molecule is O=C(Nc1nc2c([N+](=O)[O-])cccc2s1)c1nc2ccccc2[nH]1. The number of nitrogens with one attached hydrogen (secondary N) is 2. The second-order valence-electron chi connectivity index (χ2n) is 4.96. The predicted molar refractivity (Wildman–Crippen MR) is 90.3 cm³/mol. The molecule has 0 bridgehead atoms. The van der Waals surface area contributed by atoms with Crippen LogP contribution in [0.2, 0.25) is 0 Å². The third kappa shape index (κ3) is 2.36. The van der Waals surface area contributed by atoms with Gasteiger partial charge in [0.25, 0.3) is 11.6 Å². The smallest absolute Gasteiger partial charge is 0.296 e. The Morgan fingerprint density at radius 2 is 2.00 bits per heavy atom. The number of nitro groups is 1. The molecule has 0 aliphatic carbocycles. The fraction of sp³-hybridized carbons (Fsp3) is 0. The van der Waals surface area contributed by atoms with Gasteiger partial charge in [-0.3, -0.25) is 20.2 Å². The zero-order chi connectivity index (χ0) is 16.7. The number of aromatic amines is 1. The third-order valence-corrected chi connectivity index (χ3v) is 4.36. The number of anilines is 1. The molecule has 0 atom stereocenters. The van der Waals surface area contributed by atoms with Crippen LogP contribution in [-0.2, 0) is 0 Å². The number of carbonyl (C=O) groups is 1. The molecule has 9 heteroatoms. The summed E-state index contributed by atoms with van der Waals surface area (Å²) in [5.74, 6) is -0.294. The zero-order valence-electron chi connectivity index (χ0n) is 12.0. The highest BCUT2D eigenvalue weighted by molar-refractivity contribution is 7.22. The molecule has 0 radical (unpaired) electrons. The van der Waals surface area contributed by atoms with E-state index in [1.807, 2.05) is 18.2 Å². The summed E-state index contributed by atoms with van der Waals surface area (Å²) in [6.07, 6.45) is 0. The van der Waals surface area contributed by atoms with E-state index < -0.39 is 10.8 Å². The van der Waals surface area contributed by atoms with E-state index in [0.29, 0.717) is 10.2 Å². The molecule has 0 aliphatic rings. The van der Waals surface area contributed by atoms with Crippen LogP contribution in [0, 0.1) is 10.1 Å². The molecule has 4 rings (SSSR count). The number of nitro benzene ring substituents is 1. The summed E-state index contributed by atoms with van der Waals surface area (Å²) in [6, 6.07) is 12.0. The Kier molecular flexibility index (Phi) is 3.21. The van der Waals surface area contributed by atoms with Gasteiger partial charge in [0.15, 0.2) is 16.5 Å². The van der Waals surface area contributed by atoms with Crippen LogP contribution >= 0.6 is 11.3 Å². The molecule has 4 aromatic rings. The van der Waals surface area contributed by atoms with Crippen LogP contribution in [0.4, 0.5) is 10.8 Å². The third-order valence-electron chi connectivity index (χ3n) is 3.42. The maximum absolute atomic E-state index is 12.3. The van der Waals surface area contributed by atoms with Gasteiger partial charge in [0, 0.05) is 6.07 Å². The normalized spacial score (nSPS) is 11.0. The largest absolute Gasteiger partial charge is 0.334 e. The maximum Gasteiger partial charge on any atom is 0.296 e. The van der Waals surface area contributed by atoms with Gasteiger partial charge < -0.3 is 4.98 Å². The lowest BCUT2D eigenvalue weighted by molar-refractivity contribution is -0.383. The van der Waals surface area contributed by atoms with Crippen LogP contribution < -0.4 is 5.32 Å². The number of hydrogen-bond donors (Lipinski definition) is 2. The lowest BCUT2D eigenvalue weighted by Crippen LogP contribution is -2.13. The number of rotatable bonds is 3. The Balaban J connectivity index is 1.67. The summed E-state index contributed by atoms with van der Waals surface area (Å²) in [5, 5.41) is 13.9. The Hall–Kier alpha value is -3.33. The standard InChI is InChI=1S/C15H9N5O3S/c21-14(13-16-8-4-1-2-5-9(8)17-13)19-15-18-12-10(20(22)23)6-3-7-11(12)24-15/h1-7H,(H,16,17)(H,18,19,21). The van der Waals surface area contributed by atoms with Crippen molar-refractivity contribution < 1.29 is 9.72 Å². The number of thiazole rings is 1. The number of nitrogens with zero attached hydrogens (tertiary/aromatic N) is 3. The van der Waals surface area contributed by atoms with Crippen LogP contribution in [0.15, 0.2) is 42.5 Å². The van der Waals surface area contributed by atoms with Gasteiger partial charge in [-0.15, -0.1) is 0 Å². The van der Waals surface area contributed by atoms with Gasteiger partial charge in [-0.2, -0.15) is 0 Å². The number of imidazole rings is 1. The minimum Gasteiger partial charge on any atom is -0.334 e. The van der Waals surface area contributed by atoms with Crippen LogP contribution in [0.3, 0.4) is 0 Å². The Morgan fingerprint density at radius 1 is 1.17 bits per heavy atom. The van der Waals surface area contributed by atoms with E-state index in [-0.39, 0.29) is 22.2 Å². The number of H-pyrrole nitrogens is 1. The van der Waals surface area contributed by atoms with Crippen molar-refractivity contribution in [1.29, 1.82) is 0 Å². The average molecular weight is 339 g/mol. The van der Waals surface area contributed by atoms with Gasteiger partial charge in [-0.1, -0.05) is 29.5 Å². The maximum atomic E-state index is 12.3. The predicted octanol–water partition coefficient (Wildman–Crippen LogP) is 3.33. The number of fused-ring (bicyclic) bond motifs is 2. The number of amides is 1. The summed E-state index contributed by atoms with van der Waals surface area (Å²) < 4.78 is 0.629. The van der Waals surface area contributed by atoms with E-state index in [1.54, 1.807) is 18.2 Å². The molecule has 24 heavy (non-hydrogen) atoms. The van der Waals surface area contributed by atoms with Crippen LogP contribution in [0.1, 0.15) is 10.6 Å². The lowest BCUT2D eigenvalue weighted by atomic mass is 10.3. The van der Waals surface area contributed by atoms with Crippen LogP contribution in [0.25, 0.3) is 21.3 Å². The van der Waals surface area contributed by atoms with Gasteiger partial charge in [-0.05, 0) is 18.2 Å². The highest BCUT2D eigenvalue weighted by Crippen LogP contribution is 2.32. The van der Waals surface area contributed by atoms with Gasteiger partial charge in [0.1, 0.15) is 0 Å². The topological polar surface area (TPSA) is 114 Å². The number of benzene rings is 2. The van der Waals surface area contributed by atoms with E-state index in [1.165, 1.54) is 17.4 Å². The molecule has 2 N–H and O–H groups in total. The number of para-hydroxylation sites is 3. The monoisotopic (exact) mass is 339 g/mol. The van der Waals surface area contributed by atoms with Gasteiger partial charge >= 0.3 is 0 Å². The molecule has 118 valence electrons. The molecule has 2 aromatic heterocycles. The minimum atomic E-state index is -0.493. The van der Waals surface area contributed by atoms with Crippen molar-refractivity contribution in [3.05, 3.63) is 58.4 Å². The molecule has 1 amide bonds. The molecule has 0 spiro atoms. The van der Waals surface area contributed by atoms with E-state index in [4.69, 9.17) is 0 Å². The van der Waals surface area contributed by atoms with Gasteiger partial charge in [0.05, 0.1) is 20.7 Å².